The Labute approximate surface area is 126 Å². The highest BCUT2D eigenvalue weighted by molar-refractivity contribution is 5.68. The second kappa shape index (κ2) is 6.89. The number of aromatic nitrogens is 1. The second-order valence-electron chi connectivity index (χ2n) is 6.42. The summed E-state index contributed by atoms with van der Waals surface area (Å²) in [5.74, 6) is 0.376. The molecule has 5 heteroatoms. The van der Waals surface area contributed by atoms with Crippen LogP contribution in [-0.4, -0.2) is 41.3 Å². The van der Waals surface area contributed by atoms with Crippen LogP contribution in [0.2, 0.25) is 0 Å². The molecule has 0 unspecified atom stereocenters. The standard InChI is InChI=1S/C16H24N2O3/c1-16(2,3)21-15(19)18-9-7-13(10-18)11-20-12-14-6-4-5-8-17-14/h4-6,8,13H,7,9-12H2,1-3H3/t13-/m0/s1. The molecule has 1 fully saturated rings. The third-order valence-corrected chi connectivity index (χ3v) is 3.27. The van der Waals surface area contributed by atoms with Crippen LogP contribution >= 0.6 is 0 Å². The van der Waals surface area contributed by atoms with Crippen LogP contribution in [0.5, 0.6) is 0 Å². The lowest BCUT2D eigenvalue weighted by molar-refractivity contribution is 0.0271. The summed E-state index contributed by atoms with van der Waals surface area (Å²) in [5.41, 5.74) is 0.490. The van der Waals surface area contributed by atoms with E-state index in [4.69, 9.17) is 9.47 Å². The summed E-state index contributed by atoms with van der Waals surface area (Å²) in [6.07, 6.45) is 2.50. The number of carbonyl (C=O) groups excluding carboxylic acids is 1. The van der Waals surface area contributed by atoms with Crippen molar-refractivity contribution in [3.63, 3.8) is 0 Å². The highest BCUT2D eigenvalue weighted by Crippen LogP contribution is 2.20. The van der Waals surface area contributed by atoms with Gasteiger partial charge in [0.1, 0.15) is 5.60 Å². The van der Waals surface area contributed by atoms with Gasteiger partial charge in [-0.1, -0.05) is 6.07 Å². The zero-order chi connectivity index (χ0) is 15.3. The summed E-state index contributed by atoms with van der Waals surface area (Å²) in [7, 11) is 0. The molecule has 5 nitrogen and oxygen atoms in total. The minimum atomic E-state index is -0.440. The van der Waals surface area contributed by atoms with Gasteiger partial charge in [0.2, 0.25) is 0 Å². The number of pyridine rings is 1. The van der Waals surface area contributed by atoms with Gasteiger partial charge >= 0.3 is 6.09 Å². The molecular formula is C16H24N2O3. The first-order chi connectivity index (χ1) is 9.94. The first-order valence-electron chi connectivity index (χ1n) is 7.39. The molecule has 0 radical (unpaired) electrons. The Morgan fingerprint density at radius 1 is 1.43 bits per heavy atom. The van der Waals surface area contributed by atoms with Crippen molar-refractivity contribution >= 4 is 6.09 Å². The zero-order valence-electron chi connectivity index (χ0n) is 13.0. The normalized spacial score (nSPS) is 18.8. The molecule has 1 atom stereocenters. The van der Waals surface area contributed by atoms with Crippen LogP contribution in [0.15, 0.2) is 24.4 Å². The minimum Gasteiger partial charge on any atom is -0.444 e. The molecule has 0 bridgehead atoms. The molecule has 1 aliphatic heterocycles. The molecule has 21 heavy (non-hydrogen) atoms. The van der Waals surface area contributed by atoms with Crippen molar-refractivity contribution in [3.05, 3.63) is 30.1 Å². The molecule has 0 aliphatic carbocycles. The molecule has 0 spiro atoms. The third-order valence-electron chi connectivity index (χ3n) is 3.27. The van der Waals surface area contributed by atoms with Crippen molar-refractivity contribution in [1.29, 1.82) is 0 Å². The summed E-state index contributed by atoms with van der Waals surface area (Å²) in [6, 6.07) is 5.78. The first kappa shape index (κ1) is 15.8. The van der Waals surface area contributed by atoms with E-state index in [2.05, 4.69) is 4.98 Å². The van der Waals surface area contributed by atoms with Crippen LogP contribution in [0.1, 0.15) is 32.9 Å². The van der Waals surface area contributed by atoms with Crippen LogP contribution in [0.4, 0.5) is 4.79 Å². The van der Waals surface area contributed by atoms with E-state index in [1.807, 2.05) is 39.0 Å². The van der Waals surface area contributed by atoms with Gasteiger partial charge in [0.15, 0.2) is 0 Å². The lowest BCUT2D eigenvalue weighted by Gasteiger charge is -2.24. The molecule has 1 amide bonds. The van der Waals surface area contributed by atoms with Gasteiger partial charge in [0, 0.05) is 25.2 Å². The number of rotatable bonds is 4. The molecule has 1 saturated heterocycles. The maximum atomic E-state index is 12.0. The largest absolute Gasteiger partial charge is 0.444 e. The number of likely N-dealkylation sites (tertiary alicyclic amines) is 1. The number of carbonyl (C=O) groups is 1. The van der Waals surface area contributed by atoms with Crippen molar-refractivity contribution in [1.82, 2.24) is 9.88 Å². The molecule has 1 aromatic rings. The number of nitrogens with zero attached hydrogens (tertiary/aromatic N) is 2. The van der Waals surface area contributed by atoms with Gasteiger partial charge in [-0.25, -0.2) is 4.79 Å². The molecule has 0 aromatic carbocycles. The van der Waals surface area contributed by atoms with Gasteiger partial charge in [-0.05, 0) is 39.3 Å². The predicted octanol–water partition coefficient (Wildman–Crippen LogP) is 2.86. The van der Waals surface area contributed by atoms with Gasteiger partial charge in [0.25, 0.3) is 0 Å². The van der Waals surface area contributed by atoms with Gasteiger partial charge in [0.05, 0.1) is 18.9 Å². The second-order valence-corrected chi connectivity index (χ2v) is 6.42. The van der Waals surface area contributed by atoms with Gasteiger partial charge in [-0.2, -0.15) is 0 Å². The van der Waals surface area contributed by atoms with Gasteiger partial charge < -0.3 is 14.4 Å². The molecule has 0 N–H and O–H groups in total. The molecule has 1 aliphatic rings. The maximum absolute atomic E-state index is 12.0. The Hall–Kier alpha value is -1.62. The monoisotopic (exact) mass is 292 g/mol. The van der Waals surface area contributed by atoms with Crippen LogP contribution in [0.3, 0.4) is 0 Å². The fourth-order valence-electron chi connectivity index (χ4n) is 2.27. The van der Waals surface area contributed by atoms with E-state index in [1.165, 1.54) is 0 Å². The Morgan fingerprint density at radius 3 is 2.90 bits per heavy atom. The summed E-state index contributed by atoms with van der Waals surface area (Å²) >= 11 is 0. The molecule has 2 heterocycles. The Kier molecular flexibility index (Phi) is 5.17. The Morgan fingerprint density at radius 2 is 2.24 bits per heavy atom. The summed E-state index contributed by atoms with van der Waals surface area (Å²) in [5, 5.41) is 0. The smallest absolute Gasteiger partial charge is 0.410 e. The molecule has 1 aromatic heterocycles. The first-order valence-corrected chi connectivity index (χ1v) is 7.39. The highest BCUT2D eigenvalue weighted by Gasteiger charge is 2.29. The Balaban J connectivity index is 1.69. The summed E-state index contributed by atoms with van der Waals surface area (Å²) < 4.78 is 11.1. The maximum Gasteiger partial charge on any atom is 0.410 e. The molecule has 0 saturated carbocycles. The quantitative estimate of drug-likeness (QED) is 0.856. The van der Waals surface area contributed by atoms with E-state index >= 15 is 0 Å². The van der Waals surface area contributed by atoms with Crippen molar-refractivity contribution in [2.45, 2.75) is 39.4 Å². The SMILES string of the molecule is CC(C)(C)OC(=O)N1CC[C@H](COCc2ccccn2)C1. The van der Waals surface area contributed by atoms with Crippen molar-refractivity contribution in [2.75, 3.05) is 19.7 Å². The summed E-state index contributed by atoms with van der Waals surface area (Å²) in [6.45, 7) is 8.26. The average molecular weight is 292 g/mol. The predicted molar refractivity (Wildman–Crippen MR) is 79.8 cm³/mol. The Bertz CT molecular complexity index is 456. The van der Waals surface area contributed by atoms with Crippen molar-refractivity contribution in [3.8, 4) is 0 Å². The van der Waals surface area contributed by atoms with Crippen LogP contribution in [0.25, 0.3) is 0 Å². The van der Waals surface area contributed by atoms with Crippen molar-refractivity contribution < 1.29 is 14.3 Å². The fraction of sp³-hybridized carbons (Fsp3) is 0.625. The number of hydrogen-bond acceptors (Lipinski definition) is 4. The zero-order valence-corrected chi connectivity index (χ0v) is 13.0. The molecule has 2 rings (SSSR count). The highest BCUT2D eigenvalue weighted by atomic mass is 16.6. The van der Waals surface area contributed by atoms with Crippen LogP contribution in [0, 0.1) is 5.92 Å². The lowest BCUT2D eigenvalue weighted by Crippen LogP contribution is -2.35. The number of amides is 1. The third kappa shape index (κ3) is 5.34. The summed E-state index contributed by atoms with van der Waals surface area (Å²) in [4.78, 5) is 17.9. The molecule has 116 valence electrons. The average Bonchev–Trinajstić information content (AvgIpc) is 2.87. The number of hydrogen-bond donors (Lipinski definition) is 0. The van der Waals surface area contributed by atoms with E-state index in [0.717, 1.165) is 18.7 Å². The van der Waals surface area contributed by atoms with Crippen LogP contribution in [-0.2, 0) is 16.1 Å². The van der Waals surface area contributed by atoms with E-state index in [1.54, 1.807) is 11.1 Å². The lowest BCUT2D eigenvalue weighted by atomic mass is 10.1. The van der Waals surface area contributed by atoms with E-state index < -0.39 is 5.60 Å². The van der Waals surface area contributed by atoms with E-state index in [9.17, 15) is 4.79 Å². The van der Waals surface area contributed by atoms with Crippen molar-refractivity contribution in [2.24, 2.45) is 5.92 Å². The molecular weight excluding hydrogens is 268 g/mol. The van der Waals surface area contributed by atoms with Gasteiger partial charge in [-0.3, -0.25) is 4.98 Å². The van der Waals surface area contributed by atoms with E-state index in [0.29, 0.717) is 25.7 Å². The fourth-order valence-corrected chi connectivity index (χ4v) is 2.27. The topological polar surface area (TPSA) is 51.7 Å². The number of ether oxygens (including phenoxy) is 2. The van der Waals surface area contributed by atoms with E-state index in [-0.39, 0.29) is 6.09 Å². The van der Waals surface area contributed by atoms with Gasteiger partial charge in [-0.15, -0.1) is 0 Å². The van der Waals surface area contributed by atoms with Crippen LogP contribution < -0.4 is 0 Å². The minimum absolute atomic E-state index is 0.227.